The van der Waals surface area contributed by atoms with Crippen molar-refractivity contribution in [2.45, 2.75) is 39.3 Å². The average molecular weight is 499 g/mol. The number of nitrogens with one attached hydrogen (secondary N) is 2. The van der Waals surface area contributed by atoms with E-state index in [1.807, 2.05) is 43.3 Å². The topological polar surface area (TPSA) is 82.8 Å². The molecule has 1 heterocycles. The fourth-order valence-electron chi connectivity index (χ4n) is 2.33. The Hall–Kier alpha value is -2.10. The molecule has 1 aromatic carbocycles. The molecule has 0 saturated heterocycles. The lowest BCUT2D eigenvalue weighted by Crippen LogP contribution is -2.39. The number of carbonyl (C=O) groups is 1. The summed E-state index contributed by atoms with van der Waals surface area (Å²) >= 11 is 0. The van der Waals surface area contributed by atoms with Gasteiger partial charge in [-0.15, -0.1) is 24.0 Å². The number of guanidine groups is 1. The Morgan fingerprint density at radius 1 is 1.21 bits per heavy atom. The van der Waals surface area contributed by atoms with Crippen LogP contribution in [0.4, 0.5) is 0 Å². The second-order valence-corrected chi connectivity index (χ2v) is 6.96. The van der Waals surface area contributed by atoms with Crippen molar-refractivity contribution in [3.8, 4) is 0 Å². The molecule has 0 radical (unpaired) electrons. The SMILES string of the molecule is CC(C)c1cc(CNC(=NCC(=O)N(C)C)NC(C)c2ccccc2)on1.I. The second kappa shape index (κ2) is 11.7. The first-order valence-electron chi connectivity index (χ1n) is 9.12. The summed E-state index contributed by atoms with van der Waals surface area (Å²) in [5, 5.41) is 10.6. The van der Waals surface area contributed by atoms with Crippen LogP contribution in [0.25, 0.3) is 0 Å². The van der Waals surface area contributed by atoms with E-state index in [0.717, 1.165) is 17.0 Å². The van der Waals surface area contributed by atoms with Crippen LogP contribution in [-0.4, -0.2) is 42.6 Å². The number of carbonyl (C=O) groups excluding carboxylic acids is 1. The van der Waals surface area contributed by atoms with Crippen molar-refractivity contribution in [3.63, 3.8) is 0 Å². The predicted octanol–water partition coefficient (Wildman–Crippen LogP) is 3.30. The predicted molar refractivity (Wildman–Crippen MR) is 122 cm³/mol. The Balaban J connectivity index is 0.00000392. The van der Waals surface area contributed by atoms with Gasteiger partial charge in [0.25, 0.3) is 0 Å². The summed E-state index contributed by atoms with van der Waals surface area (Å²) in [6, 6.07) is 12.0. The molecule has 2 rings (SSSR count). The zero-order valence-electron chi connectivity index (χ0n) is 17.1. The summed E-state index contributed by atoms with van der Waals surface area (Å²) in [7, 11) is 3.43. The first-order chi connectivity index (χ1) is 12.9. The van der Waals surface area contributed by atoms with Gasteiger partial charge in [-0.25, -0.2) is 4.99 Å². The molecule has 1 unspecified atom stereocenters. The lowest BCUT2D eigenvalue weighted by molar-refractivity contribution is -0.127. The van der Waals surface area contributed by atoms with E-state index >= 15 is 0 Å². The molecule has 0 aliphatic carbocycles. The quantitative estimate of drug-likeness (QED) is 0.347. The minimum Gasteiger partial charge on any atom is -0.359 e. The number of amides is 1. The number of benzene rings is 1. The molecule has 28 heavy (non-hydrogen) atoms. The normalized spacial score (nSPS) is 12.3. The van der Waals surface area contributed by atoms with Crippen LogP contribution in [0.5, 0.6) is 0 Å². The highest BCUT2D eigenvalue weighted by atomic mass is 127. The maximum absolute atomic E-state index is 11.9. The molecule has 0 fully saturated rings. The van der Waals surface area contributed by atoms with Crippen LogP contribution in [-0.2, 0) is 11.3 Å². The molecule has 7 nitrogen and oxygen atoms in total. The van der Waals surface area contributed by atoms with E-state index in [9.17, 15) is 4.79 Å². The summed E-state index contributed by atoms with van der Waals surface area (Å²) in [6.07, 6.45) is 0. The Morgan fingerprint density at radius 2 is 1.89 bits per heavy atom. The van der Waals surface area contributed by atoms with Crippen molar-refractivity contribution >= 4 is 35.8 Å². The molecule has 154 valence electrons. The zero-order valence-corrected chi connectivity index (χ0v) is 19.4. The fourth-order valence-corrected chi connectivity index (χ4v) is 2.33. The first-order valence-corrected chi connectivity index (χ1v) is 9.12. The highest BCUT2D eigenvalue weighted by molar-refractivity contribution is 14.0. The van der Waals surface area contributed by atoms with E-state index in [-0.39, 0.29) is 42.5 Å². The third-order valence-corrected chi connectivity index (χ3v) is 4.12. The number of halogens is 1. The van der Waals surface area contributed by atoms with Gasteiger partial charge >= 0.3 is 0 Å². The van der Waals surface area contributed by atoms with Gasteiger partial charge in [0.1, 0.15) is 6.54 Å². The van der Waals surface area contributed by atoms with E-state index in [1.54, 1.807) is 14.1 Å². The van der Waals surface area contributed by atoms with Crippen molar-refractivity contribution < 1.29 is 9.32 Å². The van der Waals surface area contributed by atoms with Crippen LogP contribution in [0.2, 0.25) is 0 Å². The summed E-state index contributed by atoms with van der Waals surface area (Å²) in [5.41, 5.74) is 2.05. The molecule has 2 N–H and O–H groups in total. The number of rotatable bonds is 7. The van der Waals surface area contributed by atoms with Crippen molar-refractivity contribution in [2.75, 3.05) is 20.6 Å². The monoisotopic (exact) mass is 499 g/mol. The molecule has 1 atom stereocenters. The minimum absolute atomic E-state index is 0. The fraction of sp³-hybridized carbons (Fsp3) is 0.450. The Bertz CT molecular complexity index is 759. The van der Waals surface area contributed by atoms with Gasteiger partial charge in [0.2, 0.25) is 5.91 Å². The van der Waals surface area contributed by atoms with E-state index in [4.69, 9.17) is 4.52 Å². The summed E-state index contributed by atoms with van der Waals surface area (Å²) < 4.78 is 5.36. The summed E-state index contributed by atoms with van der Waals surface area (Å²) in [6.45, 7) is 6.68. The van der Waals surface area contributed by atoms with Crippen LogP contribution >= 0.6 is 24.0 Å². The van der Waals surface area contributed by atoms with Crippen LogP contribution in [0, 0.1) is 0 Å². The van der Waals surface area contributed by atoms with E-state index < -0.39 is 0 Å². The number of hydrogen-bond donors (Lipinski definition) is 2. The van der Waals surface area contributed by atoms with Gasteiger partial charge in [0.05, 0.1) is 18.3 Å². The maximum atomic E-state index is 11.9. The zero-order chi connectivity index (χ0) is 19.8. The molecule has 0 aliphatic heterocycles. The molecule has 2 aromatic rings. The smallest absolute Gasteiger partial charge is 0.243 e. The Kier molecular flexibility index (Phi) is 9.98. The number of hydrogen-bond acceptors (Lipinski definition) is 4. The molecule has 1 amide bonds. The number of nitrogens with zero attached hydrogens (tertiary/aromatic N) is 3. The number of likely N-dealkylation sites (N-methyl/N-ethyl adjacent to an activating group) is 1. The van der Waals surface area contributed by atoms with E-state index in [1.165, 1.54) is 4.90 Å². The van der Waals surface area contributed by atoms with Gasteiger partial charge in [0, 0.05) is 20.2 Å². The van der Waals surface area contributed by atoms with E-state index in [0.29, 0.717) is 18.4 Å². The van der Waals surface area contributed by atoms with Crippen LogP contribution in [0.1, 0.15) is 49.7 Å². The van der Waals surface area contributed by atoms with Gasteiger partial charge in [0.15, 0.2) is 11.7 Å². The van der Waals surface area contributed by atoms with Crippen molar-refractivity contribution in [2.24, 2.45) is 4.99 Å². The maximum Gasteiger partial charge on any atom is 0.243 e. The Labute approximate surface area is 184 Å². The number of aliphatic imine (C=N–C) groups is 1. The molecule has 0 spiro atoms. The van der Waals surface area contributed by atoms with Gasteiger partial charge in [-0.2, -0.15) is 0 Å². The molecule has 0 saturated carbocycles. The lowest BCUT2D eigenvalue weighted by atomic mass is 10.1. The molecule has 0 bridgehead atoms. The minimum atomic E-state index is -0.0646. The van der Waals surface area contributed by atoms with Gasteiger partial charge in [-0.3, -0.25) is 4.79 Å². The average Bonchev–Trinajstić information content (AvgIpc) is 3.13. The van der Waals surface area contributed by atoms with Crippen molar-refractivity contribution in [3.05, 3.63) is 53.4 Å². The third-order valence-electron chi connectivity index (χ3n) is 4.12. The Morgan fingerprint density at radius 3 is 2.46 bits per heavy atom. The van der Waals surface area contributed by atoms with Gasteiger partial charge in [-0.1, -0.05) is 49.3 Å². The van der Waals surface area contributed by atoms with Crippen LogP contribution < -0.4 is 10.6 Å². The summed E-state index contributed by atoms with van der Waals surface area (Å²) in [4.78, 5) is 17.8. The molecule has 1 aromatic heterocycles. The van der Waals surface area contributed by atoms with Gasteiger partial charge < -0.3 is 20.1 Å². The van der Waals surface area contributed by atoms with Crippen LogP contribution in [0.15, 0.2) is 45.9 Å². The first kappa shape index (κ1) is 23.9. The van der Waals surface area contributed by atoms with Crippen LogP contribution in [0.3, 0.4) is 0 Å². The van der Waals surface area contributed by atoms with Gasteiger partial charge in [-0.05, 0) is 18.4 Å². The highest BCUT2D eigenvalue weighted by Gasteiger charge is 2.12. The molecular formula is C20H30IN5O2. The summed E-state index contributed by atoms with van der Waals surface area (Å²) in [5.74, 6) is 1.51. The number of aromatic nitrogens is 1. The van der Waals surface area contributed by atoms with Crippen molar-refractivity contribution in [1.82, 2.24) is 20.7 Å². The van der Waals surface area contributed by atoms with Crippen molar-refractivity contribution in [1.29, 1.82) is 0 Å². The lowest BCUT2D eigenvalue weighted by Gasteiger charge is -2.18. The largest absolute Gasteiger partial charge is 0.359 e. The standard InChI is InChI=1S/C20H29N5O2.HI/c1-14(2)18-11-17(27-24-18)12-21-20(22-13-19(26)25(4)5)23-15(3)16-9-7-6-8-10-16;/h6-11,14-15H,12-13H2,1-5H3,(H2,21,22,23);1H. The highest BCUT2D eigenvalue weighted by Crippen LogP contribution is 2.14. The molecule has 8 heteroatoms. The molecule has 0 aliphatic rings. The second-order valence-electron chi connectivity index (χ2n) is 6.96. The third kappa shape index (κ3) is 7.49. The molecular weight excluding hydrogens is 469 g/mol. The van der Waals surface area contributed by atoms with E-state index in [2.05, 4.69) is 34.6 Å².